The maximum Gasteiger partial charge on any atom is 0.145 e. The fourth-order valence-corrected chi connectivity index (χ4v) is 1.80. The molecule has 7 heteroatoms. The Morgan fingerprint density at radius 2 is 1.08 bits per heavy atom. The second kappa shape index (κ2) is 15.5. The van der Waals surface area contributed by atoms with Crippen LogP contribution in [0.1, 0.15) is 59.3 Å². The zero-order valence-corrected chi connectivity index (χ0v) is 16.5. The van der Waals surface area contributed by atoms with Crippen molar-refractivity contribution in [2.45, 2.75) is 64.9 Å². The van der Waals surface area contributed by atoms with Gasteiger partial charge in [0.1, 0.15) is 23.0 Å². The smallest absolute Gasteiger partial charge is 0.145 e. The van der Waals surface area contributed by atoms with Crippen molar-refractivity contribution in [2.24, 2.45) is 0 Å². The first-order valence-electron chi connectivity index (χ1n) is 8.84. The van der Waals surface area contributed by atoms with Crippen LogP contribution in [0.5, 0.6) is 0 Å². The summed E-state index contributed by atoms with van der Waals surface area (Å²) >= 11 is 0. The highest BCUT2D eigenvalue weighted by Gasteiger charge is 2.10. The third-order valence-electron chi connectivity index (χ3n) is 2.99. The van der Waals surface area contributed by atoms with Crippen molar-refractivity contribution < 1.29 is 30.6 Å². The second-order valence-electron chi connectivity index (χ2n) is 6.82. The number of hydrogen-bond donors (Lipinski definition) is 7. The monoisotopic (exact) mass is 375 g/mol. The van der Waals surface area contributed by atoms with Gasteiger partial charge in [-0.15, -0.1) is 0 Å². The van der Waals surface area contributed by atoms with Crippen molar-refractivity contribution in [1.29, 1.82) is 0 Å². The van der Waals surface area contributed by atoms with Crippen molar-refractivity contribution in [3.63, 3.8) is 0 Å². The van der Waals surface area contributed by atoms with E-state index in [1.54, 1.807) is 20.8 Å². The van der Waals surface area contributed by atoms with Gasteiger partial charge in [-0.3, -0.25) is 0 Å². The van der Waals surface area contributed by atoms with Crippen LogP contribution in [0.25, 0.3) is 0 Å². The molecule has 0 saturated carbocycles. The van der Waals surface area contributed by atoms with E-state index in [9.17, 15) is 0 Å². The van der Waals surface area contributed by atoms with E-state index >= 15 is 0 Å². The Bertz CT molecular complexity index is 385. The molecule has 0 aromatic heterocycles. The molecule has 154 valence electrons. The Kier molecular flexibility index (Phi) is 15.9. The summed E-state index contributed by atoms with van der Waals surface area (Å²) in [6.07, 6.45) is 10.7. The molecule has 3 rings (SSSR count). The lowest BCUT2D eigenvalue weighted by atomic mass is 10.2. The van der Waals surface area contributed by atoms with Crippen LogP contribution >= 0.6 is 0 Å². The molecule has 2 aliphatic carbocycles. The molecule has 0 aromatic rings. The van der Waals surface area contributed by atoms with E-state index in [0.717, 1.165) is 13.5 Å². The Hall–Kier alpha value is -1.70. The maximum atomic E-state index is 8.63. The lowest BCUT2D eigenvalue weighted by Gasteiger charge is -2.04. The van der Waals surface area contributed by atoms with E-state index in [4.69, 9.17) is 30.6 Å². The summed E-state index contributed by atoms with van der Waals surface area (Å²) in [6, 6.07) is 0. The lowest BCUT2D eigenvalue weighted by Crippen LogP contribution is -2.10. The standard InChI is InChI=1S/C5H8O2.C5H8.C4H7NO2.C4H10O.CH4O/c6-4-2-1-3-5(4)7;1-2-4-5-3-1;6-3-1-5-2-4(3)7;1-4(2,3)5;1-2/h6-7H,1-3H2;1-2H,3-5H2;5-7H,1-2H2;5H,1-3H3;2H,1H3. The quantitative estimate of drug-likeness (QED) is 0.322. The zero-order valence-electron chi connectivity index (χ0n) is 16.5. The highest BCUT2D eigenvalue weighted by Crippen LogP contribution is 2.20. The van der Waals surface area contributed by atoms with Crippen molar-refractivity contribution >= 4 is 0 Å². The molecule has 7 nitrogen and oxygen atoms in total. The van der Waals surface area contributed by atoms with E-state index in [2.05, 4.69) is 17.5 Å². The van der Waals surface area contributed by atoms with E-state index in [1.165, 1.54) is 19.3 Å². The Morgan fingerprint density at radius 3 is 1.19 bits per heavy atom. The first-order chi connectivity index (χ1) is 12.1. The van der Waals surface area contributed by atoms with Gasteiger partial charge in [-0.2, -0.15) is 0 Å². The minimum Gasteiger partial charge on any atom is -0.509 e. The van der Waals surface area contributed by atoms with E-state index in [1.807, 2.05) is 0 Å². The average Bonchev–Trinajstić information content (AvgIpc) is 3.30. The van der Waals surface area contributed by atoms with Gasteiger partial charge in [0, 0.05) is 20.0 Å². The van der Waals surface area contributed by atoms with Crippen LogP contribution in [0.15, 0.2) is 35.2 Å². The lowest BCUT2D eigenvalue weighted by molar-refractivity contribution is 0.102. The van der Waals surface area contributed by atoms with Crippen molar-refractivity contribution in [3.8, 4) is 0 Å². The summed E-state index contributed by atoms with van der Waals surface area (Å²) in [5.74, 6) is 0.500. The van der Waals surface area contributed by atoms with Gasteiger partial charge in [-0.1, -0.05) is 12.2 Å². The molecule has 26 heavy (non-hydrogen) atoms. The summed E-state index contributed by atoms with van der Waals surface area (Å²) < 4.78 is 0. The van der Waals surface area contributed by atoms with E-state index in [0.29, 0.717) is 25.9 Å². The molecule has 7 N–H and O–H groups in total. The second-order valence-corrected chi connectivity index (χ2v) is 6.82. The summed E-state index contributed by atoms with van der Waals surface area (Å²) in [5, 5.41) is 52.7. The van der Waals surface area contributed by atoms with Gasteiger partial charge < -0.3 is 36.0 Å². The van der Waals surface area contributed by atoms with Gasteiger partial charge in [-0.25, -0.2) is 0 Å². The Labute approximate surface area is 157 Å². The number of allylic oxidation sites excluding steroid dienone is 4. The van der Waals surface area contributed by atoms with Crippen molar-refractivity contribution in [3.05, 3.63) is 35.2 Å². The molecule has 0 bridgehead atoms. The summed E-state index contributed by atoms with van der Waals surface area (Å²) in [4.78, 5) is 0. The topological polar surface area (TPSA) is 133 Å². The molecule has 3 aliphatic rings. The number of aliphatic hydroxyl groups is 6. The van der Waals surface area contributed by atoms with Crippen molar-refractivity contribution in [2.75, 3.05) is 20.2 Å². The van der Waals surface area contributed by atoms with Crippen LogP contribution < -0.4 is 5.32 Å². The molecule has 0 radical (unpaired) electrons. The van der Waals surface area contributed by atoms with Gasteiger partial charge in [0.25, 0.3) is 0 Å². The Morgan fingerprint density at radius 1 is 0.731 bits per heavy atom. The first kappa shape index (κ1) is 26.5. The van der Waals surface area contributed by atoms with Crippen LogP contribution in [0.2, 0.25) is 0 Å². The molecule has 0 atom stereocenters. The molecule has 1 aliphatic heterocycles. The van der Waals surface area contributed by atoms with Crippen LogP contribution in [0.3, 0.4) is 0 Å². The van der Waals surface area contributed by atoms with Gasteiger partial charge in [0.05, 0.1) is 18.7 Å². The fourth-order valence-electron chi connectivity index (χ4n) is 1.80. The molecule has 0 spiro atoms. The number of aliphatic hydroxyl groups excluding tert-OH is 5. The highest BCUT2D eigenvalue weighted by atomic mass is 16.3. The number of hydrogen-bond acceptors (Lipinski definition) is 7. The van der Waals surface area contributed by atoms with E-state index < -0.39 is 5.60 Å². The number of nitrogens with one attached hydrogen (secondary N) is 1. The summed E-state index contributed by atoms with van der Waals surface area (Å²) in [6.45, 7) is 6.05. The predicted molar refractivity (Wildman–Crippen MR) is 104 cm³/mol. The molecular weight excluding hydrogens is 338 g/mol. The first-order valence-corrected chi connectivity index (χ1v) is 8.84. The average molecular weight is 376 g/mol. The molecule has 1 heterocycles. The largest absolute Gasteiger partial charge is 0.509 e. The molecule has 0 unspecified atom stereocenters. The fraction of sp³-hybridized carbons (Fsp3) is 0.684. The Balaban J connectivity index is 0. The molecule has 0 fully saturated rings. The number of rotatable bonds is 0. The summed E-state index contributed by atoms with van der Waals surface area (Å²) in [5.41, 5.74) is -0.500. The van der Waals surface area contributed by atoms with Gasteiger partial charge >= 0.3 is 0 Å². The minimum atomic E-state index is -0.500. The minimum absolute atomic E-state index is 0.0694. The SMILES string of the molecule is C1=CCCC1.CC(C)(C)O.CO.OC1=C(O)CCC1.OC1=C(O)CNC1. The summed E-state index contributed by atoms with van der Waals surface area (Å²) in [7, 11) is 1.00. The van der Waals surface area contributed by atoms with Crippen molar-refractivity contribution in [1.82, 2.24) is 5.32 Å². The van der Waals surface area contributed by atoms with Gasteiger partial charge in [0.2, 0.25) is 0 Å². The molecule has 0 saturated heterocycles. The van der Waals surface area contributed by atoms with Gasteiger partial charge in [-0.05, 0) is 46.5 Å². The molecular formula is C19H37NO6. The zero-order chi connectivity index (χ0) is 20.6. The normalized spacial score (nSPS) is 17.9. The van der Waals surface area contributed by atoms with Crippen LogP contribution in [0.4, 0.5) is 0 Å². The van der Waals surface area contributed by atoms with E-state index in [-0.39, 0.29) is 23.0 Å². The van der Waals surface area contributed by atoms with Gasteiger partial charge in [0.15, 0.2) is 0 Å². The molecule has 0 amide bonds. The van der Waals surface area contributed by atoms with Crippen LogP contribution in [-0.4, -0.2) is 56.4 Å². The predicted octanol–water partition coefficient (Wildman–Crippen LogP) is 3.53. The van der Waals surface area contributed by atoms with Crippen LogP contribution in [0, 0.1) is 0 Å². The molecule has 0 aromatic carbocycles. The van der Waals surface area contributed by atoms with Crippen LogP contribution in [-0.2, 0) is 0 Å². The third kappa shape index (κ3) is 18.6. The third-order valence-corrected chi connectivity index (χ3v) is 2.99. The maximum absolute atomic E-state index is 8.63. The highest BCUT2D eigenvalue weighted by molar-refractivity contribution is 5.07.